The lowest BCUT2D eigenvalue weighted by Gasteiger charge is -2.08. The van der Waals surface area contributed by atoms with Crippen LogP contribution in [-0.2, 0) is 14.3 Å². The highest BCUT2D eigenvalue weighted by Gasteiger charge is 2.25. The first kappa shape index (κ1) is 17.1. The van der Waals surface area contributed by atoms with Crippen LogP contribution in [0.5, 0.6) is 0 Å². The summed E-state index contributed by atoms with van der Waals surface area (Å²) in [4.78, 5) is 23.9. The lowest BCUT2D eigenvalue weighted by Crippen LogP contribution is -2.18. The molecule has 21 heavy (non-hydrogen) atoms. The minimum atomic E-state index is -1.13. The number of rotatable bonds is 6. The zero-order valence-corrected chi connectivity index (χ0v) is 12.2. The molecule has 0 N–H and O–H groups in total. The van der Waals surface area contributed by atoms with E-state index in [0.29, 0.717) is 6.07 Å². The quantitative estimate of drug-likeness (QED) is 0.154. The van der Waals surface area contributed by atoms with Crippen LogP contribution in [0.25, 0.3) is 0 Å². The Labute approximate surface area is 125 Å². The van der Waals surface area contributed by atoms with Gasteiger partial charge in [-0.1, -0.05) is 11.6 Å². The van der Waals surface area contributed by atoms with Crippen LogP contribution in [0, 0.1) is 11.6 Å². The van der Waals surface area contributed by atoms with E-state index in [-0.39, 0.29) is 13.2 Å². The lowest BCUT2D eigenvalue weighted by atomic mass is 10.0. The van der Waals surface area contributed by atoms with Crippen molar-refractivity contribution < 1.29 is 27.8 Å². The third kappa shape index (κ3) is 4.26. The number of ether oxygens (including phenoxy) is 2. The molecular weight excluding hydrogens is 306 g/mol. The molecule has 0 saturated carbocycles. The van der Waals surface area contributed by atoms with Crippen LogP contribution >= 0.6 is 11.6 Å². The summed E-state index contributed by atoms with van der Waals surface area (Å²) in [7, 11) is 0. The Morgan fingerprint density at radius 3 is 2.43 bits per heavy atom. The monoisotopic (exact) mass is 318 g/mol. The topological polar surface area (TPSA) is 52.6 Å². The fourth-order valence-corrected chi connectivity index (χ4v) is 1.58. The van der Waals surface area contributed by atoms with Gasteiger partial charge >= 0.3 is 5.97 Å². The number of Topliss-reactive ketones (excluding diaryl/α,β-unsaturated/α-hetero) is 1. The van der Waals surface area contributed by atoms with Gasteiger partial charge in [-0.05, 0) is 19.9 Å². The van der Waals surface area contributed by atoms with Crippen LogP contribution in [0.3, 0.4) is 0 Å². The van der Waals surface area contributed by atoms with Gasteiger partial charge in [0.2, 0.25) is 5.78 Å². The maximum absolute atomic E-state index is 13.7. The van der Waals surface area contributed by atoms with Gasteiger partial charge in [0.15, 0.2) is 0 Å². The van der Waals surface area contributed by atoms with Crippen LogP contribution < -0.4 is 0 Å². The molecule has 0 aliphatic carbocycles. The number of halogens is 3. The molecule has 0 aliphatic rings. The molecule has 0 bridgehead atoms. The molecule has 0 aliphatic heterocycles. The van der Waals surface area contributed by atoms with Gasteiger partial charge < -0.3 is 9.47 Å². The average molecular weight is 319 g/mol. The maximum atomic E-state index is 13.7. The second-order valence-corrected chi connectivity index (χ2v) is 4.19. The van der Waals surface area contributed by atoms with Gasteiger partial charge in [-0.3, -0.25) is 4.79 Å². The lowest BCUT2D eigenvalue weighted by molar-refractivity contribution is -0.138. The van der Waals surface area contributed by atoms with E-state index in [1.54, 1.807) is 13.8 Å². The SMILES string of the molecule is CCO/C=C(\C(=O)OCC)C(=O)c1cc(Cl)c(F)cc1F. The zero-order valence-electron chi connectivity index (χ0n) is 11.4. The summed E-state index contributed by atoms with van der Waals surface area (Å²) in [6, 6.07) is 1.28. The van der Waals surface area contributed by atoms with E-state index in [1.165, 1.54) is 0 Å². The number of carbonyl (C=O) groups excluding carboxylic acids is 2. The van der Waals surface area contributed by atoms with Gasteiger partial charge in [0.25, 0.3) is 0 Å². The molecule has 1 rings (SSSR count). The van der Waals surface area contributed by atoms with Gasteiger partial charge in [0.1, 0.15) is 23.5 Å². The molecule has 1 aromatic rings. The highest BCUT2D eigenvalue weighted by Crippen LogP contribution is 2.22. The Bertz CT molecular complexity index is 585. The van der Waals surface area contributed by atoms with Crippen molar-refractivity contribution in [3.05, 3.63) is 46.2 Å². The largest absolute Gasteiger partial charge is 0.500 e. The van der Waals surface area contributed by atoms with Crippen molar-refractivity contribution in [2.75, 3.05) is 13.2 Å². The summed E-state index contributed by atoms with van der Waals surface area (Å²) in [5.41, 5.74) is -1.04. The van der Waals surface area contributed by atoms with E-state index in [4.69, 9.17) is 21.1 Å². The molecule has 0 amide bonds. The second-order valence-electron chi connectivity index (χ2n) is 3.78. The van der Waals surface area contributed by atoms with Crippen molar-refractivity contribution in [3.63, 3.8) is 0 Å². The van der Waals surface area contributed by atoms with E-state index >= 15 is 0 Å². The zero-order chi connectivity index (χ0) is 16.0. The smallest absolute Gasteiger partial charge is 0.345 e. The van der Waals surface area contributed by atoms with E-state index < -0.39 is 39.5 Å². The summed E-state index contributed by atoms with van der Waals surface area (Å²) in [5, 5.41) is -0.431. The minimum Gasteiger partial charge on any atom is -0.500 e. The van der Waals surface area contributed by atoms with E-state index in [1.807, 2.05) is 0 Å². The number of hydrogen-bond acceptors (Lipinski definition) is 4. The van der Waals surface area contributed by atoms with Gasteiger partial charge in [0, 0.05) is 6.07 Å². The predicted molar refractivity (Wildman–Crippen MR) is 72.0 cm³/mol. The molecule has 0 fully saturated rings. The molecule has 0 spiro atoms. The van der Waals surface area contributed by atoms with E-state index in [2.05, 4.69) is 0 Å². The molecule has 7 heteroatoms. The number of carbonyl (C=O) groups is 2. The summed E-state index contributed by atoms with van der Waals surface area (Å²) in [6.07, 6.45) is 0.886. The Morgan fingerprint density at radius 1 is 1.19 bits per heavy atom. The third-order valence-electron chi connectivity index (χ3n) is 2.36. The Morgan fingerprint density at radius 2 is 1.86 bits per heavy atom. The van der Waals surface area contributed by atoms with E-state index in [9.17, 15) is 18.4 Å². The Balaban J connectivity index is 3.23. The number of ketones is 1. The van der Waals surface area contributed by atoms with Crippen molar-refractivity contribution >= 4 is 23.4 Å². The number of benzene rings is 1. The minimum absolute atomic E-state index is 0.0300. The first-order valence-electron chi connectivity index (χ1n) is 6.10. The molecule has 4 nitrogen and oxygen atoms in total. The normalized spacial score (nSPS) is 11.2. The number of esters is 1. The Kier molecular flexibility index (Phi) is 6.30. The summed E-state index contributed by atoms with van der Waals surface area (Å²) < 4.78 is 36.4. The summed E-state index contributed by atoms with van der Waals surface area (Å²) in [6.45, 7) is 3.42. The maximum Gasteiger partial charge on any atom is 0.345 e. The second kappa shape index (κ2) is 7.73. The molecule has 0 saturated heterocycles. The van der Waals surface area contributed by atoms with Gasteiger partial charge in [-0.2, -0.15) is 0 Å². The fourth-order valence-electron chi connectivity index (χ4n) is 1.41. The van der Waals surface area contributed by atoms with Gasteiger partial charge in [0.05, 0.1) is 23.8 Å². The summed E-state index contributed by atoms with van der Waals surface area (Å²) >= 11 is 5.52. The fraction of sp³-hybridized carbons (Fsp3) is 0.286. The van der Waals surface area contributed by atoms with Crippen molar-refractivity contribution in [1.29, 1.82) is 0 Å². The molecule has 114 valence electrons. The van der Waals surface area contributed by atoms with Gasteiger partial charge in [-0.25, -0.2) is 13.6 Å². The van der Waals surface area contributed by atoms with Crippen molar-refractivity contribution in [3.8, 4) is 0 Å². The van der Waals surface area contributed by atoms with Crippen LogP contribution in [0.2, 0.25) is 5.02 Å². The molecule has 0 unspecified atom stereocenters. The molecule has 0 radical (unpaired) electrons. The van der Waals surface area contributed by atoms with Crippen molar-refractivity contribution in [2.24, 2.45) is 0 Å². The number of hydrogen-bond donors (Lipinski definition) is 0. The molecule has 1 aromatic carbocycles. The van der Waals surface area contributed by atoms with Crippen LogP contribution in [0.4, 0.5) is 8.78 Å². The molecule has 0 atom stereocenters. The first-order valence-corrected chi connectivity index (χ1v) is 6.48. The van der Waals surface area contributed by atoms with Crippen LogP contribution in [0.1, 0.15) is 24.2 Å². The van der Waals surface area contributed by atoms with Crippen molar-refractivity contribution in [2.45, 2.75) is 13.8 Å². The van der Waals surface area contributed by atoms with E-state index in [0.717, 1.165) is 12.3 Å². The Hall–Kier alpha value is -1.95. The van der Waals surface area contributed by atoms with Crippen LogP contribution in [0.15, 0.2) is 24.0 Å². The highest BCUT2D eigenvalue weighted by molar-refractivity contribution is 6.32. The standard InChI is InChI=1S/C14H13ClF2O4/c1-3-20-7-9(14(19)21-4-2)13(18)8-5-10(15)12(17)6-11(8)16/h5-7H,3-4H2,1-2H3/b9-7-. The molecule has 0 aromatic heterocycles. The highest BCUT2D eigenvalue weighted by atomic mass is 35.5. The van der Waals surface area contributed by atoms with Gasteiger partial charge in [-0.15, -0.1) is 0 Å². The predicted octanol–water partition coefficient (Wildman–Crippen LogP) is 3.28. The third-order valence-corrected chi connectivity index (χ3v) is 2.65. The van der Waals surface area contributed by atoms with Crippen molar-refractivity contribution in [1.82, 2.24) is 0 Å². The molecule has 0 heterocycles. The molecular formula is C14H13ClF2O4. The van der Waals surface area contributed by atoms with Crippen LogP contribution in [-0.4, -0.2) is 25.0 Å². The average Bonchev–Trinajstić information content (AvgIpc) is 2.43. The first-order chi connectivity index (χ1) is 9.92. The summed E-state index contributed by atoms with van der Waals surface area (Å²) in [5.74, 6) is -4.09.